The van der Waals surface area contributed by atoms with Crippen LogP contribution in [0.25, 0.3) is 0 Å². The Bertz CT molecular complexity index is 682. The first kappa shape index (κ1) is 16.9. The van der Waals surface area contributed by atoms with Crippen LogP contribution in [0, 0.1) is 15.5 Å². The number of primary amides is 1. The molecule has 0 saturated heterocycles. The van der Waals surface area contributed by atoms with Crippen molar-refractivity contribution >= 4 is 27.1 Å². The molecule has 0 unspecified atom stereocenters. The SMILES string of the molecule is CC(C)(CNc1ccc([N+](=O)[O-])c(S(C)(=O)=O)c1)C(N)=O. The molecule has 1 aromatic carbocycles. The lowest BCUT2D eigenvalue weighted by Crippen LogP contribution is -2.37. The van der Waals surface area contributed by atoms with Gasteiger partial charge in [0.25, 0.3) is 5.69 Å². The molecule has 21 heavy (non-hydrogen) atoms. The van der Waals surface area contributed by atoms with Crippen LogP contribution in [0.1, 0.15) is 13.8 Å². The summed E-state index contributed by atoms with van der Waals surface area (Å²) < 4.78 is 23.2. The Labute approximate surface area is 122 Å². The molecule has 0 heterocycles. The molecule has 0 fully saturated rings. The largest absolute Gasteiger partial charge is 0.384 e. The van der Waals surface area contributed by atoms with E-state index in [9.17, 15) is 23.3 Å². The van der Waals surface area contributed by atoms with E-state index in [2.05, 4.69) is 5.32 Å². The number of nitro benzene ring substituents is 1. The topological polar surface area (TPSA) is 132 Å². The van der Waals surface area contributed by atoms with E-state index < -0.39 is 31.8 Å². The minimum atomic E-state index is -3.74. The van der Waals surface area contributed by atoms with Gasteiger partial charge < -0.3 is 11.1 Å². The van der Waals surface area contributed by atoms with Gasteiger partial charge in [-0.15, -0.1) is 0 Å². The number of rotatable bonds is 6. The van der Waals surface area contributed by atoms with Gasteiger partial charge in [0.1, 0.15) is 4.90 Å². The summed E-state index contributed by atoms with van der Waals surface area (Å²) in [5, 5.41) is 13.7. The van der Waals surface area contributed by atoms with Gasteiger partial charge in [0, 0.05) is 24.6 Å². The maximum absolute atomic E-state index is 11.6. The van der Waals surface area contributed by atoms with Crippen LogP contribution in [-0.4, -0.2) is 32.0 Å². The van der Waals surface area contributed by atoms with E-state index >= 15 is 0 Å². The number of hydrogen-bond donors (Lipinski definition) is 2. The van der Waals surface area contributed by atoms with E-state index in [0.29, 0.717) is 5.69 Å². The number of amides is 1. The van der Waals surface area contributed by atoms with Crippen LogP contribution in [0.3, 0.4) is 0 Å². The first-order valence-corrected chi connectivity index (χ1v) is 7.86. The summed E-state index contributed by atoms with van der Waals surface area (Å²) in [7, 11) is -3.74. The highest BCUT2D eigenvalue weighted by molar-refractivity contribution is 7.90. The predicted molar refractivity (Wildman–Crippen MR) is 77.7 cm³/mol. The van der Waals surface area contributed by atoms with E-state index in [1.54, 1.807) is 13.8 Å². The second-order valence-electron chi connectivity index (χ2n) is 5.31. The van der Waals surface area contributed by atoms with Gasteiger partial charge in [-0.05, 0) is 26.0 Å². The fraction of sp³-hybridized carbons (Fsp3) is 0.417. The summed E-state index contributed by atoms with van der Waals surface area (Å²) in [6.07, 6.45) is 0.895. The second-order valence-corrected chi connectivity index (χ2v) is 7.30. The summed E-state index contributed by atoms with van der Waals surface area (Å²) in [5.41, 5.74) is 4.26. The van der Waals surface area contributed by atoms with E-state index in [-0.39, 0.29) is 11.4 Å². The predicted octanol–water partition coefficient (Wildman–Crippen LogP) is 0.922. The van der Waals surface area contributed by atoms with E-state index in [0.717, 1.165) is 12.3 Å². The van der Waals surface area contributed by atoms with Crippen molar-refractivity contribution in [1.29, 1.82) is 0 Å². The van der Waals surface area contributed by atoms with Crippen molar-refractivity contribution in [3.8, 4) is 0 Å². The molecule has 1 rings (SSSR count). The van der Waals surface area contributed by atoms with Crippen LogP contribution in [0.15, 0.2) is 23.1 Å². The molecule has 0 spiro atoms. The van der Waals surface area contributed by atoms with Crippen LogP contribution < -0.4 is 11.1 Å². The Kier molecular flexibility index (Phi) is 4.57. The van der Waals surface area contributed by atoms with Gasteiger partial charge in [-0.25, -0.2) is 8.42 Å². The van der Waals surface area contributed by atoms with Gasteiger partial charge >= 0.3 is 0 Å². The molecule has 0 radical (unpaired) electrons. The number of carbonyl (C=O) groups excluding carboxylic acids is 1. The van der Waals surface area contributed by atoms with Crippen molar-refractivity contribution in [3.63, 3.8) is 0 Å². The number of anilines is 1. The molecule has 0 saturated carbocycles. The van der Waals surface area contributed by atoms with Crippen LogP contribution in [-0.2, 0) is 14.6 Å². The number of benzene rings is 1. The average molecular weight is 315 g/mol. The maximum atomic E-state index is 11.6. The van der Waals surface area contributed by atoms with E-state index in [1.165, 1.54) is 12.1 Å². The molecule has 9 heteroatoms. The number of nitro groups is 1. The standard InChI is InChI=1S/C12H17N3O5S/c1-12(2,11(13)16)7-14-8-4-5-9(15(17)18)10(6-8)21(3,19)20/h4-6,14H,7H2,1-3H3,(H2,13,16). The van der Waals surface area contributed by atoms with Gasteiger partial charge in [0.2, 0.25) is 5.91 Å². The monoisotopic (exact) mass is 315 g/mol. The molecule has 0 aliphatic rings. The maximum Gasteiger partial charge on any atom is 0.288 e. The lowest BCUT2D eigenvalue weighted by molar-refractivity contribution is -0.387. The van der Waals surface area contributed by atoms with Crippen LogP contribution in [0.2, 0.25) is 0 Å². The Morgan fingerprint density at radius 2 is 2.00 bits per heavy atom. The highest BCUT2D eigenvalue weighted by Gasteiger charge is 2.26. The van der Waals surface area contributed by atoms with Crippen molar-refractivity contribution in [3.05, 3.63) is 28.3 Å². The number of hydrogen-bond acceptors (Lipinski definition) is 6. The average Bonchev–Trinajstić information content (AvgIpc) is 2.34. The minimum Gasteiger partial charge on any atom is -0.384 e. The van der Waals surface area contributed by atoms with Crippen LogP contribution in [0.5, 0.6) is 0 Å². The summed E-state index contributed by atoms with van der Waals surface area (Å²) >= 11 is 0. The fourth-order valence-corrected chi connectivity index (χ4v) is 2.35. The molecule has 8 nitrogen and oxygen atoms in total. The van der Waals surface area contributed by atoms with Crippen molar-refractivity contribution in [2.45, 2.75) is 18.7 Å². The molecular weight excluding hydrogens is 298 g/mol. The number of sulfone groups is 1. The van der Waals surface area contributed by atoms with Crippen molar-refractivity contribution in [2.75, 3.05) is 18.1 Å². The zero-order chi connectivity index (χ0) is 16.4. The fourth-order valence-electron chi connectivity index (χ4n) is 1.48. The number of nitrogens with two attached hydrogens (primary N) is 1. The van der Waals surface area contributed by atoms with Crippen molar-refractivity contribution in [1.82, 2.24) is 0 Å². The van der Waals surface area contributed by atoms with Gasteiger partial charge in [0.05, 0.1) is 10.3 Å². The van der Waals surface area contributed by atoms with Gasteiger partial charge in [0.15, 0.2) is 9.84 Å². The molecule has 0 aromatic heterocycles. The second kappa shape index (κ2) is 5.68. The zero-order valence-corrected chi connectivity index (χ0v) is 12.7. The third kappa shape index (κ3) is 4.15. The van der Waals surface area contributed by atoms with Gasteiger partial charge in [-0.2, -0.15) is 0 Å². The summed E-state index contributed by atoms with van der Waals surface area (Å²) in [5.74, 6) is -0.514. The third-order valence-electron chi connectivity index (χ3n) is 2.96. The molecule has 0 aliphatic carbocycles. The first-order valence-electron chi connectivity index (χ1n) is 5.97. The number of nitrogens with one attached hydrogen (secondary N) is 1. The highest BCUT2D eigenvalue weighted by Crippen LogP contribution is 2.27. The highest BCUT2D eigenvalue weighted by atomic mass is 32.2. The smallest absolute Gasteiger partial charge is 0.288 e. The van der Waals surface area contributed by atoms with Gasteiger partial charge in [-0.3, -0.25) is 14.9 Å². The molecular formula is C12H17N3O5S. The van der Waals surface area contributed by atoms with Crippen LogP contribution >= 0.6 is 0 Å². The molecule has 3 N–H and O–H groups in total. The lowest BCUT2D eigenvalue weighted by Gasteiger charge is -2.21. The Morgan fingerprint density at radius 1 is 1.43 bits per heavy atom. The molecule has 0 bridgehead atoms. The molecule has 116 valence electrons. The quantitative estimate of drug-likeness (QED) is 0.592. The van der Waals surface area contributed by atoms with Gasteiger partial charge in [-0.1, -0.05) is 0 Å². The van der Waals surface area contributed by atoms with Crippen LogP contribution in [0.4, 0.5) is 11.4 Å². The lowest BCUT2D eigenvalue weighted by atomic mass is 9.93. The number of carbonyl (C=O) groups is 1. The molecule has 1 aromatic rings. The Balaban J connectivity index is 3.13. The Morgan fingerprint density at radius 3 is 2.43 bits per heavy atom. The molecule has 1 amide bonds. The van der Waals surface area contributed by atoms with Crippen molar-refractivity contribution in [2.24, 2.45) is 11.1 Å². The van der Waals surface area contributed by atoms with Crippen molar-refractivity contribution < 1.29 is 18.1 Å². The third-order valence-corrected chi connectivity index (χ3v) is 4.08. The summed E-state index contributed by atoms with van der Waals surface area (Å²) in [6, 6.07) is 3.66. The first-order chi connectivity index (χ1) is 9.45. The summed E-state index contributed by atoms with van der Waals surface area (Å²) in [4.78, 5) is 20.9. The van der Waals surface area contributed by atoms with E-state index in [4.69, 9.17) is 5.73 Å². The zero-order valence-electron chi connectivity index (χ0n) is 11.9. The Hall–Kier alpha value is -2.16. The normalized spacial score (nSPS) is 12.0. The summed E-state index contributed by atoms with van der Waals surface area (Å²) in [6.45, 7) is 3.43. The molecule has 0 aliphatic heterocycles. The molecule has 0 atom stereocenters. The minimum absolute atomic E-state index is 0.170. The number of nitrogens with zero attached hydrogens (tertiary/aromatic N) is 1. The van der Waals surface area contributed by atoms with E-state index in [1.807, 2.05) is 0 Å².